The molecule has 4 aromatic carbocycles. The van der Waals surface area contributed by atoms with Crippen LogP contribution in [0.2, 0.25) is 5.02 Å². The molecule has 0 N–H and O–H groups in total. The van der Waals surface area contributed by atoms with Gasteiger partial charge in [0.1, 0.15) is 5.65 Å². The molecule has 2 heterocycles. The SMILES string of the molecule is O=c1c2ccc(Cl)c3cccc(c32)c2nc3cccc4cccc(c43)n12. The van der Waals surface area contributed by atoms with Crippen LogP contribution in [0.5, 0.6) is 0 Å². The Bertz CT molecular complexity index is 1560. The summed E-state index contributed by atoms with van der Waals surface area (Å²) in [5.74, 6) is 0. The lowest BCUT2D eigenvalue weighted by Crippen LogP contribution is -2.16. The molecule has 2 aromatic heterocycles. The van der Waals surface area contributed by atoms with Crippen molar-refractivity contribution >= 4 is 60.6 Å². The fourth-order valence-corrected chi connectivity index (χ4v) is 4.32. The second-order valence-electron chi connectivity index (χ2n) is 6.55. The summed E-state index contributed by atoms with van der Waals surface area (Å²) in [5.41, 5.74) is 2.37. The average Bonchev–Trinajstić information content (AvgIpc) is 2.67. The first-order chi connectivity index (χ1) is 12.7. The molecule has 6 rings (SSSR count). The van der Waals surface area contributed by atoms with Crippen molar-refractivity contribution in [3.05, 3.63) is 82.1 Å². The summed E-state index contributed by atoms with van der Waals surface area (Å²) in [6, 6.07) is 21.6. The van der Waals surface area contributed by atoms with Gasteiger partial charge in [0.05, 0.1) is 11.0 Å². The topological polar surface area (TPSA) is 34.4 Å². The van der Waals surface area contributed by atoms with Gasteiger partial charge in [0.2, 0.25) is 0 Å². The molecule has 122 valence electrons. The highest BCUT2D eigenvalue weighted by Gasteiger charge is 2.16. The van der Waals surface area contributed by atoms with E-state index in [9.17, 15) is 4.79 Å². The zero-order valence-electron chi connectivity index (χ0n) is 13.5. The van der Waals surface area contributed by atoms with E-state index < -0.39 is 0 Å². The Balaban J connectivity index is 2.07. The second-order valence-corrected chi connectivity index (χ2v) is 6.96. The summed E-state index contributed by atoms with van der Waals surface area (Å²) in [5, 5.41) is 6.10. The van der Waals surface area contributed by atoms with Crippen molar-refractivity contribution in [1.29, 1.82) is 0 Å². The molecular weight excluding hydrogens is 344 g/mol. The van der Waals surface area contributed by atoms with Gasteiger partial charge in [-0.15, -0.1) is 0 Å². The third kappa shape index (κ3) is 1.59. The minimum atomic E-state index is -0.0638. The van der Waals surface area contributed by atoms with E-state index >= 15 is 0 Å². The number of benzene rings is 4. The maximum Gasteiger partial charge on any atom is 0.264 e. The van der Waals surface area contributed by atoms with Crippen molar-refractivity contribution in [3.8, 4) is 0 Å². The van der Waals surface area contributed by atoms with Crippen molar-refractivity contribution in [2.75, 3.05) is 0 Å². The standard InChI is InChI=1S/C22H11ClN2O/c23-16-11-10-15-20-13(16)6-3-7-14(20)21-24-17-8-1-4-12-5-2-9-18(19(12)17)25(21)22(15)26/h1-11H. The predicted molar refractivity (Wildman–Crippen MR) is 108 cm³/mol. The van der Waals surface area contributed by atoms with E-state index in [1.54, 1.807) is 10.5 Å². The van der Waals surface area contributed by atoms with Gasteiger partial charge in [0.15, 0.2) is 0 Å². The van der Waals surface area contributed by atoms with E-state index in [0.29, 0.717) is 16.1 Å². The lowest BCUT2D eigenvalue weighted by atomic mass is 10.0. The average molecular weight is 355 g/mol. The van der Waals surface area contributed by atoms with Crippen molar-refractivity contribution in [2.24, 2.45) is 0 Å². The number of rotatable bonds is 0. The van der Waals surface area contributed by atoms with Crippen molar-refractivity contribution in [3.63, 3.8) is 0 Å². The Morgan fingerprint density at radius 3 is 2.42 bits per heavy atom. The molecule has 0 spiro atoms. The van der Waals surface area contributed by atoms with E-state index in [2.05, 4.69) is 0 Å². The van der Waals surface area contributed by atoms with E-state index in [0.717, 1.165) is 38.0 Å². The van der Waals surface area contributed by atoms with Gasteiger partial charge in [-0.3, -0.25) is 9.20 Å². The highest BCUT2D eigenvalue weighted by Crippen LogP contribution is 2.34. The van der Waals surface area contributed by atoms with E-state index in [-0.39, 0.29) is 5.56 Å². The Morgan fingerprint density at radius 2 is 1.54 bits per heavy atom. The summed E-state index contributed by atoms with van der Waals surface area (Å²) < 4.78 is 1.74. The summed E-state index contributed by atoms with van der Waals surface area (Å²) >= 11 is 6.39. The first-order valence-electron chi connectivity index (χ1n) is 8.40. The zero-order chi connectivity index (χ0) is 17.4. The fourth-order valence-electron chi connectivity index (χ4n) is 4.10. The number of nitrogens with zero attached hydrogens (tertiary/aromatic N) is 2. The van der Waals surface area contributed by atoms with Crippen LogP contribution in [0.15, 0.2) is 71.5 Å². The predicted octanol–water partition coefficient (Wildman–Crippen LogP) is 5.40. The van der Waals surface area contributed by atoms with Crippen LogP contribution < -0.4 is 5.56 Å². The van der Waals surface area contributed by atoms with Crippen LogP contribution in [-0.4, -0.2) is 9.38 Å². The van der Waals surface area contributed by atoms with Gasteiger partial charge in [0.25, 0.3) is 5.56 Å². The van der Waals surface area contributed by atoms with Gasteiger partial charge in [-0.2, -0.15) is 0 Å². The molecule has 3 nitrogen and oxygen atoms in total. The van der Waals surface area contributed by atoms with E-state index in [1.807, 2.05) is 60.7 Å². The lowest BCUT2D eigenvalue weighted by molar-refractivity contribution is 1.15. The van der Waals surface area contributed by atoms with Crippen LogP contribution >= 0.6 is 11.6 Å². The minimum absolute atomic E-state index is 0.0638. The molecule has 26 heavy (non-hydrogen) atoms. The molecule has 0 saturated heterocycles. The maximum absolute atomic E-state index is 13.4. The number of hydrogen-bond donors (Lipinski definition) is 0. The molecule has 4 heteroatoms. The molecule has 0 bridgehead atoms. The first-order valence-corrected chi connectivity index (χ1v) is 8.78. The second kappa shape index (κ2) is 4.71. The van der Waals surface area contributed by atoms with Crippen molar-refractivity contribution in [2.45, 2.75) is 0 Å². The van der Waals surface area contributed by atoms with Gasteiger partial charge in [-0.25, -0.2) is 4.98 Å². The van der Waals surface area contributed by atoms with Crippen molar-refractivity contribution in [1.82, 2.24) is 9.38 Å². The number of aromatic nitrogens is 2. The highest BCUT2D eigenvalue weighted by molar-refractivity contribution is 6.37. The summed E-state index contributed by atoms with van der Waals surface area (Å²) in [7, 11) is 0. The Hall–Kier alpha value is -3.17. The molecule has 0 atom stereocenters. The van der Waals surface area contributed by atoms with Gasteiger partial charge >= 0.3 is 0 Å². The molecule has 0 fully saturated rings. The van der Waals surface area contributed by atoms with Crippen molar-refractivity contribution < 1.29 is 0 Å². The number of hydrogen-bond acceptors (Lipinski definition) is 2. The smallest absolute Gasteiger partial charge is 0.264 e. The van der Waals surface area contributed by atoms with Gasteiger partial charge < -0.3 is 0 Å². The van der Waals surface area contributed by atoms with Crippen LogP contribution in [0.1, 0.15) is 0 Å². The molecule has 0 amide bonds. The van der Waals surface area contributed by atoms with E-state index in [1.165, 1.54) is 0 Å². The summed E-state index contributed by atoms with van der Waals surface area (Å²) in [6.07, 6.45) is 0. The number of fused-ring (bicyclic) bond motifs is 3. The largest absolute Gasteiger partial charge is 0.268 e. The quantitative estimate of drug-likeness (QED) is 0.270. The molecule has 0 aliphatic heterocycles. The Kier molecular flexibility index (Phi) is 2.55. The monoisotopic (exact) mass is 354 g/mol. The van der Waals surface area contributed by atoms with Crippen LogP contribution in [0.4, 0.5) is 0 Å². The minimum Gasteiger partial charge on any atom is -0.268 e. The van der Waals surface area contributed by atoms with Gasteiger partial charge in [0, 0.05) is 32.0 Å². The third-order valence-corrected chi connectivity index (χ3v) is 5.53. The van der Waals surface area contributed by atoms with Crippen LogP contribution in [0.3, 0.4) is 0 Å². The normalized spacial score (nSPS) is 12.2. The number of halogens is 1. The molecule has 6 aromatic rings. The molecule has 0 aliphatic rings. The Morgan fingerprint density at radius 1 is 0.769 bits per heavy atom. The first kappa shape index (κ1) is 14.0. The van der Waals surface area contributed by atoms with Crippen LogP contribution in [-0.2, 0) is 0 Å². The van der Waals surface area contributed by atoms with Crippen LogP contribution in [0, 0.1) is 0 Å². The van der Waals surface area contributed by atoms with Gasteiger partial charge in [-0.1, -0.05) is 54.1 Å². The fraction of sp³-hybridized carbons (Fsp3) is 0. The molecule has 0 radical (unpaired) electrons. The highest BCUT2D eigenvalue weighted by atomic mass is 35.5. The van der Waals surface area contributed by atoms with Gasteiger partial charge in [-0.05, 0) is 29.7 Å². The molecule has 0 unspecified atom stereocenters. The number of pyridine rings is 1. The van der Waals surface area contributed by atoms with Crippen LogP contribution in [0.25, 0.3) is 49.0 Å². The maximum atomic E-state index is 13.4. The third-order valence-electron chi connectivity index (χ3n) is 5.20. The molecule has 0 saturated carbocycles. The van der Waals surface area contributed by atoms with E-state index in [4.69, 9.17) is 16.6 Å². The summed E-state index contributed by atoms with van der Waals surface area (Å²) in [4.78, 5) is 18.3. The summed E-state index contributed by atoms with van der Waals surface area (Å²) in [6.45, 7) is 0. The lowest BCUT2D eigenvalue weighted by Gasteiger charge is -2.14. The zero-order valence-corrected chi connectivity index (χ0v) is 14.3. The Labute approximate surface area is 152 Å². The molecule has 0 aliphatic carbocycles. The molecular formula is C22H11ClN2O.